The molecule has 2 aromatic carbocycles. The summed E-state index contributed by atoms with van der Waals surface area (Å²) in [6.07, 6.45) is 0. The molecule has 2 N–H and O–H groups in total. The molecule has 0 spiro atoms. The zero-order chi connectivity index (χ0) is 20.1. The minimum absolute atomic E-state index is 0.0237. The second-order valence-corrected chi connectivity index (χ2v) is 5.91. The SMILES string of the molecule is COc1cc(NC(=O)CN[C@H](C)c2ccc(F)cc2F)c(C)cc1[N+](=O)[O-]. The minimum atomic E-state index is -0.702. The maximum Gasteiger partial charge on any atom is 0.311 e. The summed E-state index contributed by atoms with van der Waals surface area (Å²) in [6.45, 7) is 3.12. The van der Waals surface area contributed by atoms with Crippen LogP contribution in [-0.4, -0.2) is 24.5 Å². The fourth-order valence-electron chi connectivity index (χ4n) is 2.52. The first-order valence-corrected chi connectivity index (χ1v) is 8.04. The van der Waals surface area contributed by atoms with Gasteiger partial charge in [0.1, 0.15) is 11.6 Å². The number of hydrogen-bond donors (Lipinski definition) is 2. The van der Waals surface area contributed by atoms with Crippen molar-refractivity contribution in [1.82, 2.24) is 5.32 Å². The van der Waals surface area contributed by atoms with Crippen molar-refractivity contribution in [2.75, 3.05) is 19.0 Å². The number of nitro benzene ring substituents is 1. The van der Waals surface area contributed by atoms with E-state index in [4.69, 9.17) is 4.74 Å². The Balaban J connectivity index is 2.04. The summed E-state index contributed by atoms with van der Waals surface area (Å²) in [5.41, 5.74) is 0.891. The zero-order valence-electron chi connectivity index (χ0n) is 15.0. The molecule has 0 unspecified atom stereocenters. The van der Waals surface area contributed by atoms with Crippen molar-refractivity contribution >= 4 is 17.3 Å². The van der Waals surface area contributed by atoms with Gasteiger partial charge in [0.2, 0.25) is 5.91 Å². The Morgan fingerprint density at radius 1 is 1.30 bits per heavy atom. The number of amides is 1. The molecule has 1 atom stereocenters. The number of aryl methyl sites for hydroxylation is 1. The van der Waals surface area contributed by atoms with E-state index in [0.717, 1.165) is 12.1 Å². The molecule has 0 aliphatic rings. The molecule has 27 heavy (non-hydrogen) atoms. The van der Waals surface area contributed by atoms with Gasteiger partial charge in [-0.3, -0.25) is 14.9 Å². The Bertz CT molecular complexity index is 874. The van der Waals surface area contributed by atoms with E-state index in [1.807, 2.05) is 0 Å². The monoisotopic (exact) mass is 379 g/mol. The third-order valence-electron chi connectivity index (χ3n) is 3.99. The standard InChI is InChI=1S/C18H19F2N3O4/c1-10-6-16(23(25)26)17(27-3)8-15(10)22-18(24)9-21-11(2)13-5-4-12(19)7-14(13)20/h4-8,11,21H,9H2,1-3H3,(H,22,24)/t11-/m1/s1. The number of methoxy groups -OCH3 is 1. The third kappa shape index (κ3) is 4.98. The number of hydrogen-bond acceptors (Lipinski definition) is 5. The second-order valence-electron chi connectivity index (χ2n) is 5.91. The summed E-state index contributed by atoms with van der Waals surface area (Å²) in [4.78, 5) is 22.6. The van der Waals surface area contributed by atoms with Gasteiger partial charge < -0.3 is 15.4 Å². The molecule has 9 heteroatoms. The first-order chi connectivity index (χ1) is 12.7. The van der Waals surface area contributed by atoms with E-state index in [-0.39, 0.29) is 23.5 Å². The molecule has 144 valence electrons. The van der Waals surface area contributed by atoms with E-state index in [9.17, 15) is 23.7 Å². The number of rotatable bonds is 7. The van der Waals surface area contributed by atoms with Crippen LogP contribution in [-0.2, 0) is 4.79 Å². The molecule has 0 saturated heterocycles. The highest BCUT2D eigenvalue weighted by Crippen LogP contribution is 2.32. The molecule has 0 radical (unpaired) electrons. The maximum absolute atomic E-state index is 13.8. The summed E-state index contributed by atoms with van der Waals surface area (Å²) < 4.78 is 31.7. The van der Waals surface area contributed by atoms with Crippen molar-refractivity contribution in [2.24, 2.45) is 0 Å². The Kier molecular flexibility index (Phi) is 6.40. The Morgan fingerprint density at radius 3 is 2.59 bits per heavy atom. The van der Waals surface area contributed by atoms with E-state index < -0.39 is 28.5 Å². The van der Waals surface area contributed by atoms with Crippen LogP contribution in [0, 0.1) is 28.7 Å². The third-order valence-corrected chi connectivity index (χ3v) is 3.99. The van der Waals surface area contributed by atoms with Crippen LogP contribution in [0.3, 0.4) is 0 Å². The predicted octanol–water partition coefficient (Wildman–Crippen LogP) is 3.48. The summed E-state index contributed by atoms with van der Waals surface area (Å²) in [5.74, 6) is -1.78. The molecule has 1 amide bonds. The molecule has 0 aliphatic carbocycles. The van der Waals surface area contributed by atoms with Gasteiger partial charge in [-0.1, -0.05) is 6.07 Å². The number of carbonyl (C=O) groups is 1. The van der Waals surface area contributed by atoms with Crippen molar-refractivity contribution in [2.45, 2.75) is 19.9 Å². The molecule has 2 rings (SSSR count). The molecule has 7 nitrogen and oxygen atoms in total. The molecular weight excluding hydrogens is 360 g/mol. The van der Waals surface area contributed by atoms with E-state index in [1.54, 1.807) is 13.8 Å². The van der Waals surface area contributed by atoms with Crippen molar-refractivity contribution < 1.29 is 23.2 Å². The lowest BCUT2D eigenvalue weighted by molar-refractivity contribution is -0.385. The Hall–Kier alpha value is -3.07. The highest BCUT2D eigenvalue weighted by atomic mass is 19.1. The van der Waals surface area contributed by atoms with E-state index >= 15 is 0 Å². The van der Waals surface area contributed by atoms with Crippen molar-refractivity contribution in [3.05, 3.63) is 63.2 Å². The summed E-state index contributed by atoms with van der Waals surface area (Å²) in [5, 5.41) is 16.5. The van der Waals surface area contributed by atoms with Gasteiger partial charge in [0.05, 0.1) is 18.6 Å². The largest absolute Gasteiger partial charge is 0.490 e. The molecule has 0 aromatic heterocycles. The van der Waals surface area contributed by atoms with Gasteiger partial charge in [-0.05, 0) is 25.5 Å². The fourth-order valence-corrected chi connectivity index (χ4v) is 2.52. The van der Waals surface area contributed by atoms with Crippen molar-refractivity contribution in [1.29, 1.82) is 0 Å². The topological polar surface area (TPSA) is 93.5 Å². The van der Waals surface area contributed by atoms with E-state index in [1.165, 1.54) is 25.3 Å². The van der Waals surface area contributed by atoms with Crippen LogP contribution in [0.1, 0.15) is 24.1 Å². The number of nitrogens with one attached hydrogen (secondary N) is 2. The number of anilines is 1. The van der Waals surface area contributed by atoms with Gasteiger partial charge in [0, 0.05) is 35.5 Å². The van der Waals surface area contributed by atoms with Crippen molar-refractivity contribution in [3.8, 4) is 5.75 Å². The van der Waals surface area contributed by atoms with Gasteiger partial charge in [-0.15, -0.1) is 0 Å². The Labute approximate surface area is 154 Å². The van der Waals surface area contributed by atoms with Crippen LogP contribution in [0.2, 0.25) is 0 Å². The first-order valence-electron chi connectivity index (χ1n) is 8.04. The molecule has 0 saturated carbocycles. The van der Waals surface area contributed by atoms with Crippen LogP contribution in [0.25, 0.3) is 0 Å². The van der Waals surface area contributed by atoms with Crippen LogP contribution in [0.4, 0.5) is 20.2 Å². The minimum Gasteiger partial charge on any atom is -0.490 e. The van der Waals surface area contributed by atoms with Gasteiger partial charge in [0.15, 0.2) is 5.75 Å². The predicted molar refractivity (Wildman–Crippen MR) is 95.8 cm³/mol. The number of nitrogens with zero attached hydrogens (tertiary/aromatic N) is 1. The number of carbonyl (C=O) groups excluding carboxylic acids is 1. The van der Waals surface area contributed by atoms with Crippen LogP contribution in [0.5, 0.6) is 5.75 Å². The second kappa shape index (κ2) is 8.54. The molecule has 2 aromatic rings. The van der Waals surface area contributed by atoms with Crippen LogP contribution >= 0.6 is 0 Å². The van der Waals surface area contributed by atoms with Gasteiger partial charge in [0.25, 0.3) is 0 Å². The quantitative estimate of drug-likeness (QED) is 0.567. The lowest BCUT2D eigenvalue weighted by Crippen LogP contribution is -2.30. The van der Waals surface area contributed by atoms with E-state index in [2.05, 4.69) is 10.6 Å². The van der Waals surface area contributed by atoms with Crippen LogP contribution in [0.15, 0.2) is 30.3 Å². The highest BCUT2D eigenvalue weighted by Gasteiger charge is 2.19. The number of halogens is 2. The first kappa shape index (κ1) is 20.2. The number of benzene rings is 2. The lowest BCUT2D eigenvalue weighted by Gasteiger charge is -2.16. The Morgan fingerprint density at radius 2 is 2.00 bits per heavy atom. The van der Waals surface area contributed by atoms with Crippen molar-refractivity contribution in [3.63, 3.8) is 0 Å². The average Bonchev–Trinajstić information content (AvgIpc) is 2.60. The number of nitro groups is 1. The smallest absolute Gasteiger partial charge is 0.311 e. The van der Waals surface area contributed by atoms with E-state index in [0.29, 0.717) is 11.3 Å². The maximum atomic E-state index is 13.8. The summed E-state index contributed by atoms with van der Waals surface area (Å²) in [7, 11) is 1.30. The van der Waals surface area contributed by atoms with Crippen LogP contribution < -0.4 is 15.4 Å². The highest BCUT2D eigenvalue weighted by molar-refractivity contribution is 5.93. The molecular formula is C18H19F2N3O4. The lowest BCUT2D eigenvalue weighted by atomic mass is 10.1. The molecule has 0 heterocycles. The normalized spacial score (nSPS) is 11.7. The molecule has 0 bridgehead atoms. The number of ether oxygens (including phenoxy) is 1. The van der Waals surface area contributed by atoms with Gasteiger partial charge in [-0.25, -0.2) is 8.78 Å². The fraction of sp³-hybridized carbons (Fsp3) is 0.278. The summed E-state index contributed by atoms with van der Waals surface area (Å²) in [6, 6.07) is 5.38. The average molecular weight is 379 g/mol. The van der Waals surface area contributed by atoms with Gasteiger partial charge >= 0.3 is 5.69 Å². The molecule has 0 aliphatic heterocycles. The zero-order valence-corrected chi connectivity index (χ0v) is 15.0. The van der Waals surface area contributed by atoms with Gasteiger partial charge in [-0.2, -0.15) is 0 Å². The molecule has 0 fully saturated rings. The summed E-state index contributed by atoms with van der Waals surface area (Å²) >= 11 is 0.